The van der Waals surface area contributed by atoms with Gasteiger partial charge in [-0.3, -0.25) is 4.79 Å². The number of aliphatic imine (C=N–C) groups is 1. The average molecular weight is 509 g/mol. The van der Waals surface area contributed by atoms with Crippen LogP contribution in [0.1, 0.15) is 31.7 Å². The molecule has 8 nitrogen and oxygen atoms in total. The minimum Gasteiger partial charge on any atom is -0.357 e. The molecule has 2 saturated heterocycles. The van der Waals surface area contributed by atoms with Gasteiger partial charge in [-0.2, -0.15) is 5.10 Å². The Morgan fingerprint density at radius 1 is 1.41 bits per heavy atom. The molecule has 29 heavy (non-hydrogen) atoms. The van der Waals surface area contributed by atoms with Crippen molar-refractivity contribution in [3.63, 3.8) is 0 Å². The third kappa shape index (κ3) is 5.06. The summed E-state index contributed by atoms with van der Waals surface area (Å²) in [5, 5.41) is 10.7. The van der Waals surface area contributed by atoms with Crippen LogP contribution in [-0.2, 0) is 11.3 Å². The Labute approximate surface area is 188 Å². The van der Waals surface area contributed by atoms with Gasteiger partial charge in [0.05, 0.1) is 6.54 Å². The number of carbonyl (C=O) groups excluding carboxylic acids is 1. The van der Waals surface area contributed by atoms with Gasteiger partial charge in [0.2, 0.25) is 5.91 Å². The van der Waals surface area contributed by atoms with Crippen LogP contribution < -0.4 is 10.6 Å². The van der Waals surface area contributed by atoms with Gasteiger partial charge in [0, 0.05) is 56.6 Å². The molecule has 0 radical (unpaired) electrons. The number of rotatable bonds is 4. The molecule has 1 unspecified atom stereocenters. The molecule has 2 aliphatic heterocycles. The molecule has 2 N–H and O–H groups in total. The van der Waals surface area contributed by atoms with Crippen molar-refractivity contribution in [1.29, 1.82) is 0 Å². The molecule has 156 valence electrons. The van der Waals surface area contributed by atoms with Gasteiger partial charge in [0.1, 0.15) is 0 Å². The van der Waals surface area contributed by atoms with E-state index < -0.39 is 0 Å². The highest BCUT2D eigenvalue weighted by Gasteiger charge is 2.42. The Hall–Kier alpha value is -2.17. The molecule has 1 atom stereocenters. The SMILES string of the molecule is CCNC(=NCc1ccnc(-n2cccn2)c1)N1CCCC2(CNC(=O)C2)C1.I. The van der Waals surface area contributed by atoms with Crippen molar-refractivity contribution in [3.8, 4) is 5.82 Å². The Kier molecular flexibility index (Phi) is 7.09. The first-order valence-corrected chi connectivity index (χ1v) is 9.92. The lowest BCUT2D eigenvalue weighted by Crippen LogP contribution is -2.51. The van der Waals surface area contributed by atoms with Gasteiger partial charge in [-0.25, -0.2) is 14.7 Å². The number of aromatic nitrogens is 3. The van der Waals surface area contributed by atoms with Crippen LogP contribution in [0.3, 0.4) is 0 Å². The first-order valence-electron chi connectivity index (χ1n) is 9.92. The highest BCUT2D eigenvalue weighted by atomic mass is 127. The molecule has 0 aliphatic carbocycles. The van der Waals surface area contributed by atoms with Crippen molar-refractivity contribution in [3.05, 3.63) is 42.4 Å². The number of hydrogen-bond donors (Lipinski definition) is 2. The zero-order valence-electron chi connectivity index (χ0n) is 16.7. The lowest BCUT2D eigenvalue weighted by Gasteiger charge is -2.40. The van der Waals surface area contributed by atoms with Gasteiger partial charge in [0.15, 0.2) is 11.8 Å². The monoisotopic (exact) mass is 509 g/mol. The van der Waals surface area contributed by atoms with E-state index in [2.05, 4.69) is 32.5 Å². The molecule has 1 amide bonds. The molecule has 2 aromatic heterocycles. The number of pyridine rings is 1. The summed E-state index contributed by atoms with van der Waals surface area (Å²) in [5.74, 6) is 1.88. The van der Waals surface area contributed by atoms with Crippen LogP contribution in [0, 0.1) is 5.41 Å². The van der Waals surface area contributed by atoms with E-state index in [0.717, 1.165) is 56.4 Å². The minimum atomic E-state index is 0. The fourth-order valence-electron chi connectivity index (χ4n) is 4.11. The normalized spacial score (nSPS) is 21.8. The van der Waals surface area contributed by atoms with Crippen LogP contribution >= 0.6 is 24.0 Å². The van der Waals surface area contributed by atoms with E-state index in [4.69, 9.17) is 4.99 Å². The van der Waals surface area contributed by atoms with E-state index in [9.17, 15) is 4.79 Å². The summed E-state index contributed by atoms with van der Waals surface area (Å²) in [6.45, 7) is 6.08. The van der Waals surface area contributed by atoms with Crippen molar-refractivity contribution in [2.75, 3.05) is 26.2 Å². The Morgan fingerprint density at radius 2 is 2.31 bits per heavy atom. The summed E-state index contributed by atoms with van der Waals surface area (Å²) in [7, 11) is 0. The van der Waals surface area contributed by atoms with Gasteiger partial charge in [-0.1, -0.05) is 0 Å². The second-order valence-electron chi connectivity index (χ2n) is 7.62. The van der Waals surface area contributed by atoms with Crippen LogP contribution in [-0.4, -0.2) is 57.7 Å². The van der Waals surface area contributed by atoms with Crippen molar-refractivity contribution >= 4 is 35.8 Å². The number of amides is 1. The molecule has 0 aromatic carbocycles. The molecule has 4 rings (SSSR count). The highest BCUT2D eigenvalue weighted by molar-refractivity contribution is 14.0. The van der Waals surface area contributed by atoms with E-state index in [1.807, 2.05) is 24.4 Å². The summed E-state index contributed by atoms with van der Waals surface area (Å²) in [6.07, 6.45) is 8.21. The Morgan fingerprint density at radius 3 is 3.03 bits per heavy atom. The fraction of sp³-hybridized carbons (Fsp3) is 0.500. The highest BCUT2D eigenvalue weighted by Crippen LogP contribution is 2.36. The molecular formula is C20H28IN7O. The van der Waals surface area contributed by atoms with Gasteiger partial charge in [0.25, 0.3) is 0 Å². The lowest BCUT2D eigenvalue weighted by atomic mass is 9.79. The molecule has 4 heterocycles. The first-order chi connectivity index (χ1) is 13.7. The van der Waals surface area contributed by atoms with Crippen LogP contribution in [0.15, 0.2) is 41.8 Å². The fourth-order valence-corrected chi connectivity index (χ4v) is 4.11. The average Bonchev–Trinajstić information content (AvgIpc) is 3.36. The number of nitrogens with one attached hydrogen (secondary N) is 2. The predicted molar refractivity (Wildman–Crippen MR) is 122 cm³/mol. The van der Waals surface area contributed by atoms with Crippen LogP contribution in [0.4, 0.5) is 0 Å². The molecule has 2 fully saturated rings. The van der Waals surface area contributed by atoms with Crippen molar-refractivity contribution in [1.82, 2.24) is 30.3 Å². The zero-order chi connectivity index (χ0) is 19.4. The number of guanidine groups is 1. The van der Waals surface area contributed by atoms with Crippen LogP contribution in [0.25, 0.3) is 5.82 Å². The van der Waals surface area contributed by atoms with Crippen LogP contribution in [0.5, 0.6) is 0 Å². The van der Waals surface area contributed by atoms with Crippen molar-refractivity contribution in [2.45, 2.75) is 32.7 Å². The van der Waals surface area contributed by atoms with Crippen molar-refractivity contribution in [2.24, 2.45) is 10.4 Å². The predicted octanol–water partition coefficient (Wildman–Crippen LogP) is 1.95. The molecule has 0 saturated carbocycles. The third-order valence-corrected chi connectivity index (χ3v) is 5.45. The van der Waals surface area contributed by atoms with Crippen molar-refractivity contribution < 1.29 is 4.79 Å². The Balaban J connectivity index is 0.00000240. The van der Waals surface area contributed by atoms with E-state index >= 15 is 0 Å². The standard InChI is InChI=1S/C20H27N7O.HI/c1-2-21-19(26-9-3-6-20(15-26)12-18(28)24-14-20)23-13-16-5-8-22-17(11-16)27-10-4-7-25-27;/h4-5,7-8,10-11H,2-3,6,9,12-15H2,1H3,(H,21,23)(H,24,28);1H. The number of halogens is 1. The largest absolute Gasteiger partial charge is 0.357 e. The maximum Gasteiger partial charge on any atom is 0.220 e. The quantitative estimate of drug-likeness (QED) is 0.374. The maximum absolute atomic E-state index is 11.8. The topological polar surface area (TPSA) is 87.4 Å². The van der Waals surface area contributed by atoms with E-state index in [1.54, 1.807) is 17.1 Å². The summed E-state index contributed by atoms with van der Waals surface area (Å²) in [5.41, 5.74) is 1.13. The summed E-state index contributed by atoms with van der Waals surface area (Å²) in [4.78, 5) is 23.3. The summed E-state index contributed by atoms with van der Waals surface area (Å²) >= 11 is 0. The number of hydrogen-bond acceptors (Lipinski definition) is 4. The second kappa shape index (κ2) is 9.55. The molecule has 0 bridgehead atoms. The minimum absolute atomic E-state index is 0. The number of likely N-dealkylation sites (tertiary alicyclic amines) is 1. The lowest BCUT2D eigenvalue weighted by molar-refractivity contribution is -0.119. The maximum atomic E-state index is 11.8. The number of carbonyl (C=O) groups is 1. The van der Waals surface area contributed by atoms with Gasteiger partial charge in [-0.05, 0) is 43.5 Å². The molecular weight excluding hydrogens is 481 g/mol. The molecule has 2 aromatic rings. The molecule has 9 heteroatoms. The van der Waals surface area contributed by atoms with Gasteiger partial charge >= 0.3 is 0 Å². The van der Waals surface area contributed by atoms with Gasteiger partial charge in [-0.15, -0.1) is 24.0 Å². The Bertz CT molecular complexity index is 854. The molecule has 1 spiro atoms. The van der Waals surface area contributed by atoms with E-state index in [-0.39, 0.29) is 35.3 Å². The number of nitrogens with zero attached hydrogens (tertiary/aromatic N) is 5. The second-order valence-corrected chi connectivity index (χ2v) is 7.62. The third-order valence-electron chi connectivity index (χ3n) is 5.45. The number of piperidine rings is 1. The molecule has 2 aliphatic rings. The van der Waals surface area contributed by atoms with E-state index in [1.165, 1.54) is 0 Å². The smallest absolute Gasteiger partial charge is 0.220 e. The van der Waals surface area contributed by atoms with Crippen LogP contribution in [0.2, 0.25) is 0 Å². The summed E-state index contributed by atoms with van der Waals surface area (Å²) in [6, 6.07) is 5.87. The first kappa shape index (κ1) is 21.5. The van der Waals surface area contributed by atoms with Gasteiger partial charge < -0.3 is 15.5 Å². The summed E-state index contributed by atoms with van der Waals surface area (Å²) < 4.78 is 1.75. The zero-order valence-corrected chi connectivity index (χ0v) is 19.0. The van der Waals surface area contributed by atoms with E-state index in [0.29, 0.717) is 13.0 Å².